The molecular weight excluding hydrogens is 198 g/mol. The summed E-state index contributed by atoms with van der Waals surface area (Å²) >= 11 is 0. The van der Waals surface area contributed by atoms with Gasteiger partial charge in [-0.05, 0) is 47.9 Å². The first-order valence-corrected chi connectivity index (χ1v) is 6.01. The van der Waals surface area contributed by atoms with Gasteiger partial charge in [-0.25, -0.2) is 0 Å². The fourth-order valence-electron chi connectivity index (χ4n) is 1.98. The van der Waals surface area contributed by atoms with E-state index in [1.807, 2.05) is 0 Å². The van der Waals surface area contributed by atoms with Crippen LogP contribution in [0.4, 0.5) is 5.69 Å². The van der Waals surface area contributed by atoms with Gasteiger partial charge >= 0.3 is 0 Å². The summed E-state index contributed by atoms with van der Waals surface area (Å²) in [6.07, 6.45) is 1.82. The standard InChI is InChI=1S/C14H23NO/c1-9(2)7-11-12(8-10(3)4)14(16)6-5-13(11)15/h5-6,9-10,16H,7-8,15H2,1-4H3. The van der Waals surface area contributed by atoms with Gasteiger partial charge in [0.1, 0.15) is 5.75 Å². The Morgan fingerprint density at radius 3 is 2.00 bits per heavy atom. The van der Waals surface area contributed by atoms with Crippen molar-refractivity contribution in [1.82, 2.24) is 0 Å². The Bertz CT molecular complexity index is 321. The highest BCUT2D eigenvalue weighted by Gasteiger charge is 2.13. The van der Waals surface area contributed by atoms with E-state index in [1.54, 1.807) is 12.1 Å². The summed E-state index contributed by atoms with van der Waals surface area (Å²) < 4.78 is 0. The molecule has 3 N–H and O–H groups in total. The number of nitrogens with two attached hydrogens (primary N) is 1. The van der Waals surface area contributed by atoms with Crippen molar-refractivity contribution in [3.63, 3.8) is 0 Å². The minimum Gasteiger partial charge on any atom is -0.508 e. The van der Waals surface area contributed by atoms with Crippen LogP contribution in [-0.4, -0.2) is 5.11 Å². The summed E-state index contributed by atoms with van der Waals surface area (Å²) in [5, 5.41) is 9.92. The van der Waals surface area contributed by atoms with Crippen LogP contribution in [0, 0.1) is 11.8 Å². The van der Waals surface area contributed by atoms with E-state index in [2.05, 4.69) is 27.7 Å². The Hall–Kier alpha value is -1.18. The molecule has 90 valence electrons. The molecule has 16 heavy (non-hydrogen) atoms. The van der Waals surface area contributed by atoms with Crippen LogP contribution < -0.4 is 5.73 Å². The highest BCUT2D eigenvalue weighted by Crippen LogP contribution is 2.30. The number of phenols is 1. The summed E-state index contributed by atoms with van der Waals surface area (Å²) in [4.78, 5) is 0. The second-order valence-electron chi connectivity index (χ2n) is 5.33. The monoisotopic (exact) mass is 221 g/mol. The second-order valence-corrected chi connectivity index (χ2v) is 5.33. The third-order valence-electron chi connectivity index (χ3n) is 2.67. The normalized spacial score (nSPS) is 11.4. The number of anilines is 1. The molecule has 0 radical (unpaired) electrons. The van der Waals surface area contributed by atoms with E-state index in [0.29, 0.717) is 17.6 Å². The SMILES string of the molecule is CC(C)Cc1c(N)ccc(O)c1CC(C)C. The summed E-state index contributed by atoms with van der Waals surface area (Å²) in [6.45, 7) is 8.65. The Balaban J connectivity index is 3.14. The van der Waals surface area contributed by atoms with E-state index in [1.165, 1.54) is 0 Å². The van der Waals surface area contributed by atoms with Crippen LogP contribution >= 0.6 is 0 Å². The molecule has 0 bridgehead atoms. The lowest BCUT2D eigenvalue weighted by atomic mass is 9.91. The van der Waals surface area contributed by atoms with Crippen molar-refractivity contribution < 1.29 is 5.11 Å². The van der Waals surface area contributed by atoms with Crippen molar-refractivity contribution in [1.29, 1.82) is 0 Å². The van der Waals surface area contributed by atoms with Gasteiger partial charge in [-0.3, -0.25) is 0 Å². The van der Waals surface area contributed by atoms with Crippen molar-refractivity contribution in [3.8, 4) is 5.75 Å². The van der Waals surface area contributed by atoms with Crippen molar-refractivity contribution in [2.75, 3.05) is 5.73 Å². The maximum Gasteiger partial charge on any atom is 0.119 e. The van der Waals surface area contributed by atoms with Crippen molar-refractivity contribution in [2.24, 2.45) is 11.8 Å². The van der Waals surface area contributed by atoms with E-state index < -0.39 is 0 Å². The van der Waals surface area contributed by atoms with E-state index in [-0.39, 0.29) is 0 Å². The summed E-state index contributed by atoms with van der Waals surface area (Å²) in [5.41, 5.74) is 8.97. The third kappa shape index (κ3) is 3.16. The second kappa shape index (κ2) is 5.24. The molecule has 0 atom stereocenters. The van der Waals surface area contributed by atoms with Gasteiger partial charge in [-0.1, -0.05) is 27.7 Å². The minimum absolute atomic E-state index is 0.388. The molecule has 0 aromatic heterocycles. The highest BCUT2D eigenvalue weighted by molar-refractivity contribution is 5.56. The topological polar surface area (TPSA) is 46.2 Å². The first-order valence-electron chi connectivity index (χ1n) is 6.01. The predicted molar refractivity (Wildman–Crippen MR) is 69.6 cm³/mol. The van der Waals surface area contributed by atoms with Crippen molar-refractivity contribution in [2.45, 2.75) is 40.5 Å². The molecule has 0 saturated heterocycles. The molecule has 0 spiro atoms. The molecule has 0 saturated carbocycles. The van der Waals surface area contributed by atoms with E-state index in [0.717, 1.165) is 29.7 Å². The molecule has 2 heteroatoms. The van der Waals surface area contributed by atoms with E-state index in [4.69, 9.17) is 5.73 Å². The molecule has 1 aromatic rings. The maximum atomic E-state index is 9.92. The maximum absolute atomic E-state index is 9.92. The van der Waals surface area contributed by atoms with Gasteiger partial charge in [0, 0.05) is 5.69 Å². The van der Waals surface area contributed by atoms with E-state index >= 15 is 0 Å². The quantitative estimate of drug-likeness (QED) is 0.605. The van der Waals surface area contributed by atoms with Gasteiger partial charge in [0.2, 0.25) is 0 Å². The van der Waals surface area contributed by atoms with Gasteiger partial charge in [-0.15, -0.1) is 0 Å². The van der Waals surface area contributed by atoms with Crippen LogP contribution in [0.1, 0.15) is 38.8 Å². The number of nitrogen functional groups attached to an aromatic ring is 1. The van der Waals surface area contributed by atoms with Gasteiger partial charge in [-0.2, -0.15) is 0 Å². The molecule has 0 unspecified atom stereocenters. The number of aromatic hydroxyl groups is 1. The summed E-state index contributed by atoms with van der Waals surface area (Å²) in [7, 11) is 0. The average Bonchev–Trinajstić information content (AvgIpc) is 2.16. The molecule has 1 aromatic carbocycles. The molecular formula is C14H23NO. The summed E-state index contributed by atoms with van der Waals surface area (Å²) in [6, 6.07) is 3.51. The zero-order chi connectivity index (χ0) is 12.3. The molecule has 0 fully saturated rings. The smallest absolute Gasteiger partial charge is 0.119 e. The van der Waals surface area contributed by atoms with Crippen LogP contribution in [0.3, 0.4) is 0 Å². The fraction of sp³-hybridized carbons (Fsp3) is 0.571. The van der Waals surface area contributed by atoms with Gasteiger partial charge in [0.15, 0.2) is 0 Å². The number of benzene rings is 1. The number of rotatable bonds is 4. The van der Waals surface area contributed by atoms with Crippen LogP contribution in [0.15, 0.2) is 12.1 Å². The first kappa shape index (κ1) is 12.9. The lowest BCUT2D eigenvalue weighted by Crippen LogP contribution is -2.06. The Morgan fingerprint density at radius 1 is 1.00 bits per heavy atom. The molecule has 0 aliphatic carbocycles. The molecule has 0 amide bonds. The van der Waals surface area contributed by atoms with Crippen LogP contribution in [0.2, 0.25) is 0 Å². The molecule has 0 aliphatic rings. The fourth-order valence-corrected chi connectivity index (χ4v) is 1.98. The van der Waals surface area contributed by atoms with Gasteiger partial charge in [0.25, 0.3) is 0 Å². The zero-order valence-corrected chi connectivity index (χ0v) is 10.7. The molecule has 0 aliphatic heterocycles. The Kier molecular flexibility index (Phi) is 4.22. The third-order valence-corrected chi connectivity index (χ3v) is 2.67. The van der Waals surface area contributed by atoms with Gasteiger partial charge < -0.3 is 10.8 Å². The number of hydrogen-bond donors (Lipinski definition) is 2. The Morgan fingerprint density at radius 2 is 1.50 bits per heavy atom. The van der Waals surface area contributed by atoms with Crippen molar-refractivity contribution in [3.05, 3.63) is 23.3 Å². The lowest BCUT2D eigenvalue weighted by molar-refractivity contribution is 0.460. The van der Waals surface area contributed by atoms with Crippen LogP contribution in [0.25, 0.3) is 0 Å². The number of hydrogen-bond acceptors (Lipinski definition) is 2. The molecule has 0 heterocycles. The molecule has 2 nitrogen and oxygen atoms in total. The molecule has 1 rings (SSSR count). The summed E-state index contributed by atoms with van der Waals surface area (Å²) in [5.74, 6) is 1.46. The largest absolute Gasteiger partial charge is 0.508 e. The first-order chi connectivity index (χ1) is 7.41. The van der Waals surface area contributed by atoms with E-state index in [9.17, 15) is 5.11 Å². The minimum atomic E-state index is 0.388. The predicted octanol–water partition coefficient (Wildman–Crippen LogP) is 3.37. The van der Waals surface area contributed by atoms with Crippen LogP contribution in [0.5, 0.6) is 5.75 Å². The lowest BCUT2D eigenvalue weighted by Gasteiger charge is -2.17. The number of phenolic OH excluding ortho intramolecular Hbond substituents is 1. The highest BCUT2D eigenvalue weighted by atomic mass is 16.3. The van der Waals surface area contributed by atoms with Gasteiger partial charge in [0.05, 0.1) is 0 Å². The average molecular weight is 221 g/mol. The van der Waals surface area contributed by atoms with Crippen molar-refractivity contribution >= 4 is 5.69 Å². The van der Waals surface area contributed by atoms with Crippen LogP contribution in [-0.2, 0) is 12.8 Å². The zero-order valence-electron chi connectivity index (χ0n) is 10.7. The Labute approximate surface area is 98.5 Å².